The van der Waals surface area contributed by atoms with E-state index in [4.69, 9.17) is 11.5 Å². The highest BCUT2D eigenvalue weighted by atomic mass is 32.1. The van der Waals surface area contributed by atoms with Crippen LogP contribution >= 0.6 is 11.3 Å². The van der Waals surface area contributed by atoms with Crippen molar-refractivity contribution in [3.05, 3.63) is 42.0 Å². The van der Waals surface area contributed by atoms with Crippen molar-refractivity contribution in [1.82, 2.24) is 4.98 Å². The summed E-state index contributed by atoms with van der Waals surface area (Å²) in [6.45, 7) is 0. The highest BCUT2D eigenvalue weighted by Crippen LogP contribution is 2.34. The Kier molecular flexibility index (Phi) is 3.11. The maximum absolute atomic E-state index is 11.4. The van der Waals surface area contributed by atoms with Gasteiger partial charge < -0.3 is 16.5 Å². The van der Waals surface area contributed by atoms with Gasteiger partial charge in [-0.1, -0.05) is 18.2 Å². The van der Waals surface area contributed by atoms with Gasteiger partial charge in [-0.3, -0.25) is 10.1 Å². The molecule has 0 aliphatic carbocycles. The molecule has 21 heavy (non-hydrogen) atoms. The number of primary amides is 2. The number of anilines is 1. The van der Waals surface area contributed by atoms with E-state index in [9.17, 15) is 9.59 Å². The summed E-state index contributed by atoms with van der Waals surface area (Å²) in [6.07, 6.45) is 0. The first-order valence-electron chi connectivity index (χ1n) is 6.13. The molecule has 3 amide bonds. The first-order chi connectivity index (χ1) is 10.0. The minimum absolute atomic E-state index is 0.196. The zero-order valence-electron chi connectivity index (χ0n) is 10.8. The van der Waals surface area contributed by atoms with Crippen LogP contribution in [0.4, 0.5) is 10.6 Å². The molecule has 0 aliphatic heterocycles. The molecular formula is C14H12N4O2S. The Bertz CT molecular complexity index is 817. The minimum Gasteiger partial charge on any atom is -0.365 e. The van der Waals surface area contributed by atoms with Crippen molar-refractivity contribution in [3.63, 3.8) is 0 Å². The number of nitrogens with one attached hydrogen (secondary N) is 2. The number of aromatic nitrogens is 1. The number of benzene rings is 1. The number of amides is 3. The number of hydrogen-bond acceptors (Lipinski definition) is 3. The Morgan fingerprint density at radius 1 is 1.14 bits per heavy atom. The molecule has 0 saturated carbocycles. The highest BCUT2D eigenvalue weighted by molar-refractivity contribution is 7.22. The molecule has 3 aromatic rings. The molecule has 1 aromatic carbocycles. The second-order valence-electron chi connectivity index (χ2n) is 4.47. The first-order valence-corrected chi connectivity index (χ1v) is 6.94. The van der Waals surface area contributed by atoms with Gasteiger partial charge in [0.15, 0.2) is 0 Å². The monoisotopic (exact) mass is 300 g/mol. The number of aromatic amines is 1. The molecule has 0 unspecified atom stereocenters. The summed E-state index contributed by atoms with van der Waals surface area (Å²) in [7, 11) is 0. The number of carbonyl (C=O) groups excluding carboxylic acids is 2. The number of fused-ring (bicyclic) bond motifs is 1. The summed E-state index contributed by atoms with van der Waals surface area (Å²) < 4.78 is 1.13. The van der Waals surface area contributed by atoms with E-state index in [2.05, 4.69) is 10.3 Å². The molecule has 0 bridgehead atoms. The van der Waals surface area contributed by atoms with Crippen molar-refractivity contribution < 1.29 is 9.59 Å². The molecule has 0 saturated heterocycles. The molecule has 2 aromatic heterocycles. The predicted octanol–water partition coefficient (Wildman–Crippen LogP) is 2.49. The molecule has 6 N–H and O–H groups in total. The maximum Gasteiger partial charge on any atom is 0.317 e. The van der Waals surface area contributed by atoms with Crippen LogP contribution < -0.4 is 16.8 Å². The third-order valence-corrected chi connectivity index (χ3v) is 4.17. The van der Waals surface area contributed by atoms with Crippen molar-refractivity contribution in [2.75, 3.05) is 5.32 Å². The molecule has 6 nitrogen and oxygen atoms in total. The Hall–Kier alpha value is -2.80. The fourth-order valence-corrected chi connectivity index (χ4v) is 3.15. The first kappa shape index (κ1) is 13.2. The summed E-state index contributed by atoms with van der Waals surface area (Å²) in [5.74, 6) is -0.426. The lowest BCUT2D eigenvalue weighted by Gasteiger charge is -1.99. The maximum atomic E-state index is 11.4. The number of rotatable bonds is 3. The summed E-state index contributed by atoms with van der Waals surface area (Å²) in [4.78, 5) is 26.3. The number of urea groups is 1. The zero-order chi connectivity index (χ0) is 15.0. The third kappa shape index (κ3) is 2.46. The standard InChI is InChI=1S/C14H12N4O2S/c15-12(19)8-6-9(17-13(8)18-14(16)20)11-5-7-3-1-2-4-10(7)21-11/h1-6,17H,(H2,15,19)(H3,16,18,20). The molecule has 106 valence electrons. The van der Waals surface area contributed by atoms with E-state index in [1.165, 1.54) is 0 Å². The summed E-state index contributed by atoms with van der Waals surface area (Å²) in [5, 5.41) is 3.47. The van der Waals surface area contributed by atoms with Crippen molar-refractivity contribution in [3.8, 4) is 10.6 Å². The predicted molar refractivity (Wildman–Crippen MR) is 83.3 cm³/mol. The van der Waals surface area contributed by atoms with Crippen molar-refractivity contribution >= 4 is 39.2 Å². The molecule has 0 aliphatic rings. The molecule has 3 rings (SSSR count). The zero-order valence-corrected chi connectivity index (χ0v) is 11.7. The lowest BCUT2D eigenvalue weighted by atomic mass is 10.2. The topological polar surface area (TPSA) is 114 Å². The van der Waals surface area contributed by atoms with Crippen molar-refractivity contribution in [1.29, 1.82) is 0 Å². The summed E-state index contributed by atoms with van der Waals surface area (Å²) in [6, 6.07) is 10.8. The molecular weight excluding hydrogens is 288 g/mol. The number of hydrogen-bond donors (Lipinski definition) is 4. The third-order valence-electron chi connectivity index (χ3n) is 3.02. The lowest BCUT2D eigenvalue weighted by molar-refractivity contribution is 0.100. The van der Waals surface area contributed by atoms with Crippen LogP contribution in [-0.4, -0.2) is 16.9 Å². The number of H-pyrrole nitrogens is 1. The van der Waals surface area contributed by atoms with Crippen LogP contribution in [0.15, 0.2) is 36.4 Å². The van der Waals surface area contributed by atoms with E-state index >= 15 is 0 Å². The number of thiophene rings is 1. The quantitative estimate of drug-likeness (QED) is 0.595. The average Bonchev–Trinajstić information content (AvgIpc) is 3.00. The van der Waals surface area contributed by atoms with E-state index in [-0.39, 0.29) is 11.4 Å². The molecule has 2 heterocycles. The average molecular weight is 300 g/mol. The Labute approximate surface area is 123 Å². The van der Waals surface area contributed by atoms with E-state index in [1.807, 2.05) is 30.3 Å². The van der Waals surface area contributed by atoms with E-state index in [0.29, 0.717) is 5.69 Å². The van der Waals surface area contributed by atoms with E-state index < -0.39 is 11.9 Å². The van der Waals surface area contributed by atoms with Gasteiger partial charge in [-0.15, -0.1) is 11.3 Å². The highest BCUT2D eigenvalue weighted by Gasteiger charge is 2.16. The molecule has 0 radical (unpaired) electrons. The van der Waals surface area contributed by atoms with Crippen LogP contribution in [0.25, 0.3) is 20.7 Å². The minimum atomic E-state index is -0.762. The van der Waals surface area contributed by atoms with E-state index in [1.54, 1.807) is 17.4 Å². The van der Waals surface area contributed by atoms with Gasteiger partial charge in [0.1, 0.15) is 5.82 Å². The van der Waals surface area contributed by atoms with Crippen LogP contribution in [0.3, 0.4) is 0 Å². The van der Waals surface area contributed by atoms with Gasteiger partial charge in [0, 0.05) is 4.70 Å². The van der Waals surface area contributed by atoms with Gasteiger partial charge in [-0.25, -0.2) is 4.79 Å². The van der Waals surface area contributed by atoms with Crippen LogP contribution in [0.2, 0.25) is 0 Å². The molecule has 0 spiro atoms. The van der Waals surface area contributed by atoms with E-state index in [0.717, 1.165) is 15.0 Å². The van der Waals surface area contributed by atoms with Gasteiger partial charge in [0.05, 0.1) is 16.1 Å². The van der Waals surface area contributed by atoms with Gasteiger partial charge >= 0.3 is 6.03 Å². The van der Waals surface area contributed by atoms with Gasteiger partial charge in [0.2, 0.25) is 0 Å². The van der Waals surface area contributed by atoms with Crippen LogP contribution in [0.5, 0.6) is 0 Å². The smallest absolute Gasteiger partial charge is 0.317 e. The fraction of sp³-hybridized carbons (Fsp3) is 0. The van der Waals surface area contributed by atoms with Gasteiger partial charge in [-0.05, 0) is 23.6 Å². The van der Waals surface area contributed by atoms with Crippen LogP contribution in [0, 0.1) is 0 Å². The van der Waals surface area contributed by atoms with Crippen molar-refractivity contribution in [2.45, 2.75) is 0 Å². The van der Waals surface area contributed by atoms with Crippen LogP contribution in [-0.2, 0) is 0 Å². The lowest BCUT2D eigenvalue weighted by Crippen LogP contribution is -2.22. The van der Waals surface area contributed by atoms with Gasteiger partial charge in [-0.2, -0.15) is 0 Å². The number of carbonyl (C=O) groups is 2. The summed E-state index contributed by atoms with van der Waals surface area (Å²) >= 11 is 1.58. The Morgan fingerprint density at radius 3 is 2.57 bits per heavy atom. The number of nitrogens with two attached hydrogens (primary N) is 2. The van der Waals surface area contributed by atoms with Crippen molar-refractivity contribution in [2.24, 2.45) is 11.5 Å². The normalized spacial score (nSPS) is 10.7. The SMILES string of the molecule is NC(=O)Nc1[nH]c(-c2cc3ccccc3s2)cc1C(N)=O. The second-order valence-corrected chi connectivity index (χ2v) is 5.56. The second kappa shape index (κ2) is 4.95. The Balaban J connectivity index is 2.09. The van der Waals surface area contributed by atoms with Crippen LogP contribution in [0.1, 0.15) is 10.4 Å². The molecule has 0 fully saturated rings. The summed E-state index contributed by atoms with van der Waals surface area (Å²) in [5.41, 5.74) is 11.3. The van der Waals surface area contributed by atoms with Gasteiger partial charge in [0.25, 0.3) is 5.91 Å². The largest absolute Gasteiger partial charge is 0.365 e. The Morgan fingerprint density at radius 2 is 1.90 bits per heavy atom. The molecule has 7 heteroatoms. The fourth-order valence-electron chi connectivity index (χ4n) is 2.12. The molecule has 0 atom stereocenters.